The lowest BCUT2D eigenvalue weighted by Crippen LogP contribution is -2.54. The molecule has 2 fully saturated rings. The summed E-state index contributed by atoms with van der Waals surface area (Å²) in [6.07, 6.45) is 7.01. The molecular weight excluding hydrogens is 232 g/mol. The number of hydrogen-bond donors (Lipinski definition) is 1. The van der Waals surface area contributed by atoms with E-state index in [0.717, 1.165) is 17.9 Å². The lowest BCUT2D eigenvalue weighted by atomic mass is 9.67. The van der Waals surface area contributed by atoms with Crippen LogP contribution >= 0.6 is 0 Å². The first-order chi connectivity index (χ1) is 8.95. The second kappa shape index (κ2) is 6.13. The van der Waals surface area contributed by atoms with E-state index < -0.39 is 0 Å². The molecule has 0 aromatic rings. The Bertz CT molecular complexity index is 287. The zero-order valence-corrected chi connectivity index (χ0v) is 13.7. The summed E-state index contributed by atoms with van der Waals surface area (Å²) in [7, 11) is 2.16. The van der Waals surface area contributed by atoms with Gasteiger partial charge in [0.05, 0.1) is 0 Å². The first-order valence-corrected chi connectivity index (χ1v) is 8.37. The van der Waals surface area contributed by atoms with Gasteiger partial charge >= 0.3 is 0 Å². The summed E-state index contributed by atoms with van der Waals surface area (Å²) in [4.78, 5) is 2.77. The van der Waals surface area contributed by atoms with Crippen LogP contribution in [0.15, 0.2) is 0 Å². The average molecular weight is 266 g/mol. The summed E-state index contributed by atoms with van der Waals surface area (Å²) in [6.45, 7) is 12.4. The zero-order valence-electron chi connectivity index (χ0n) is 13.7. The van der Waals surface area contributed by atoms with Crippen molar-refractivity contribution in [1.82, 2.24) is 10.2 Å². The first kappa shape index (κ1) is 15.3. The summed E-state index contributed by atoms with van der Waals surface area (Å²) in [5.74, 6) is 1.71. The molecule has 1 heterocycles. The van der Waals surface area contributed by atoms with Crippen molar-refractivity contribution < 1.29 is 0 Å². The fourth-order valence-corrected chi connectivity index (χ4v) is 4.58. The highest BCUT2D eigenvalue weighted by Crippen LogP contribution is 2.39. The zero-order chi connectivity index (χ0) is 14.0. The van der Waals surface area contributed by atoms with Crippen molar-refractivity contribution in [1.29, 1.82) is 0 Å². The Hall–Kier alpha value is -0.0800. The Kier molecular flexibility index (Phi) is 4.94. The second-order valence-electron chi connectivity index (χ2n) is 7.76. The van der Waals surface area contributed by atoms with Gasteiger partial charge in [-0.25, -0.2) is 0 Å². The van der Waals surface area contributed by atoms with Crippen molar-refractivity contribution in [3.05, 3.63) is 0 Å². The van der Waals surface area contributed by atoms with E-state index in [2.05, 4.69) is 45.0 Å². The highest BCUT2D eigenvalue weighted by Gasteiger charge is 2.39. The van der Waals surface area contributed by atoms with E-state index in [1.165, 1.54) is 45.2 Å². The minimum absolute atomic E-state index is 0.461. The number of piperidine rings is 1. The molecule has 2 heteroatoms. The fraction of sp³-hybridized carbons (Fsp3) is 1.00. The van der Waals surface area contributed by atoms with Crippen molar-refractivity contribution in [2.24, 2.45) is 17.3 Å². The fourth-order valence-electron chi connectivity index (χ4n) is 4.58. The molecule has 112 valence electrons. The van der Waals surface area contributed by atoms with Crippen LogP contribution in [-0.4, -0.2) is 37.1 Å². The normalized spacial score (nSPS) is 40.3. The molecule has 1 saturated carbocycles. The van der Waals surface area contributed by atoms with Crippen LogP contribution in [0.25, 0.3) is 0 Å². The molecule has 0 aromatic carbocycles. The Morgan fingerprint density at radius 2 is 1.89 bits per heavy atom. The molecule has 2 aliphatic rings. The maximum absolute atomic E-state index is 3.63. The molecular formula is C17H34N2. The minimum atomic E-state index is 0.461. The number of nitrogens with one attached hydrogen (secondary N) is 1. The van der Waals surface area contributed by atoms with E-state index in [1.807, 2.05) is 0 Å². The van der Waals surface area contributed by atoms with Gasteiger partial charge < -0.3 is 10.2 Å². The maximum atomic E-state index is 3.63. The van der Waals surface area contributed by atoms with Gasteiger partial charge in [-0.1, -0.05) is 27.2 Å². The summed E-state index contributed by atoms with van der Waals surface area (Å²) in [6, 6.07) is 1.46. The predicted octanol–water partition coefficient (Wildman–Crippen LogP) is 3.52. The molecule has 0 aromatic heterocycles. The molecule has 4 unspecified atom stereocenters. The predicted molar refractivity (Wildman–Crippen MR) is 83.4 cm³/mol. The van der Waals surface area contributed by atoms with Crippen molar-refractivity contribution >= 4 is 0 Å². The van der Waals surface area contributed by atoms with Crippen LogP contribution in [0, 0.1) is 17.3 Å². The van der Waals surface area contributed by atoms with E-state index in [-0.39, 0.29) is 0 Å². The van der Waals surface area contributed by atoms with Gasteiger partial charge in [0, 0.05) is 18.6 Å². The molecule has 2 rings (SSSR count). The Morgan fingerprint density at radius 3 is 2.58 bits per heavy atom. The van der Waals surface area contributed by atoms with Gasteiger partial charge in [-0.3, -0.25) is 0 Å². The molecule has 0 radical (unpaired) electrons. The SMILES string of the molecule is CNC1C(CN2CCCC(C)C2C)CCCC1(C)C. The van der Waals surface area contributed by atoms with Crippen LogP contribution < -0.4 is 5.32 Å². The molecule has 1 saturated heterocycles. The Morgan fingerprint density at radius 1 is 1.16 bits per heavy atom. The largest absolute Gasteiger partial charge is 0.316 e. The van der Waals surface area contributed by atoms with Crippen LogP contribution in [0.4, 0.5) is 0 Å². The quantitative estimate of drug-likeness (QED) is 0.841. The third-order valence-corrected chi connectivity index (χ3v) is 5.99. The highest BCUT2D eigenvalue weighted by molar-refractivity contribution is 4.94. The minimum Gasteiger partial charge on any atom is -0.316 e. The molecule has 1 N–H and O–H groups in total. The number of rotatable bonds is 3. The van der Waals surface area contributed by atoms with E-state index in [4.69, 9.17) is 0 Å². The Balaban J connectivity index is 2.00. The summed E-state index contributed by atoms with van der Waals surface area (Å²) < 4.78 is 0. The molecule has 1 aliphatic carbocycles. The van der Waals surface area contributed by atoms with Crippen molar-refractivity contribution in [2.75, 3.05) is 20.1 Å². The van der Waals surface area contributed by atoms with Gasteiger partial charge in [0.2, 0.25) is 0 Å². The number of likely N-dealkylation sites (tertiary alicyclic amines) is 1. The standard InChI is InChI=1S/C17H34N2/c1-13-8-7-11-19(14(13)2)12-15-9-6-10-17(3,4)16(15)18-5/h13-16,18H,6-12H2,1-5H3. The van der Waals surface area contributed by atoms with Crippen LogP contribution in [0.3, 0.4) is 0 Å². The Labute approximate surface area is 120 Å². The monoisotopic (exact) mass is 266 g/mol. The van der Waals surface area contributed by atoms with Crippen LogP contribution in [0.2, 0.25) is 0 Å². The van der Waals surface area contributed by atoms with E-state index in [1.54, 1.807) is 0 Å². The van der Waals surface area contributed by atoms with Gasteiger partial charge in [-0.15, -0.1) is 0 Å². The van der Waals surface area contributed by atoms with E-state index >= 15 is 0 Å². The lowest BCUT2D eigenvalue weighted by Gasteiger charge is -2.47. The van der Waals surface area contributed by atoms with Crippen LogP contribution in [0.1, 0.15) is 59.8 Å². The summed E-state index contributed by atoms with van der Waals surface area (Å²) in [5.41, 5.74) is 0.461. The smallest absolute Gasteiger partial charge is 0.0156 e. The van der Waals surface area contributed by atoms with Crippen molar-refractivity contribution in [3.8, 4) is 0 Å². The molecule has 0 amide bonds. The third kappa shape index (κ3) is 3.33. The topological polar surface area (TPSA) is 15.3 Å². The molecule has 19 heavy (non-hydrogen) atoms. The number of nitrogens with zero attached hydrogens (tertiary/aromatic N) is 1. The van der Waals surface area contributed by atoms with E-state index in [0.29, 0.717) is 11.5 Å². The average Bonchev–Trinajstić information content (AvgIpc) is 2.34. The molecule has 4 atom stereocenters. The lowest BCUT2D eigenvalue weighted by molar-refractivity contribution is 0.0438. The number of hydrogen-bond acceptors (Lipinski definition) is 2. The van der Waals surface area contributed by atoms with Crippen LogP contribution in [0.5, 0.6) is 0 Å². The summed E-state index contributed by atoms with van der Waals surface area (Å²) in [5, 5.41) is 3.63. The van der Waals surface area contributed by atoms with Crippen LogP contribution in [-0.2, 0) is 0 Å². The van der Waals surface area contributed by atoms with Gasteiger partial charge in [-0.05, 0) is 63.5 Å². The van der Waals surface area contributed by atoms with Gasteiger partial charge in [0.15, 0.2) is 0 Å². The van der Waals surface area contributed by atoms with Crippen molar-refractivity contribution in [3.63, 3.8) is 0 Å². The second-order valence-corrected chi connectivity index (χ2v) is 7.76. The van der Waals surface area contributed by atoms with Gasteiger partial charge in [0.1, 0.15) is 0 Å². The highest BCUT2D eigenvalue weighted by atomic mass is 15.2. The van der Waals surface area contributed by atoms with Crippen molar-refractivity contribution in [2.45, 2.75) is 71.9 Å². The molecule has 1 aliphatic heterocycles. The first-order valence-electron chi connectivity index (χ1n) is 8.37. The summed E-state index contributed by atoms with van der Waals surface area (Å²) >= 11 is 0. The molecule has 2 nitrogen and oxygen atoms in total. The molecule has 0 spiro atoms. The molecule has 0 bridgehead atoms. The van der Waals surface area contributed by atoms with E-state index in [9.17, 15) is 0 Å². The third-order valence-electron chi connectivity index (χ3n) is 5.99. The maximum Gasteiger partial charge on any atom is 0.0156 e. The van der Waals surface area contributed by atoms with Gasteiger partial charge in [-0.2, -0.15) is 0 Å². The van der Waals surface area contributed by atoms with Gasteiger partial charge in [0.25, 0.3) is 0 Å².